The molecule has 1 aromatic carbocycles. The summed E-state index contributed by atoms with van der Waals surface area (Å²) in [6, 6.07) is 5.88. The largest absolute Gasteiger partial charge is 0.382 e. The topological polar surface area (TPSA) is 57.4 Å². The highest BCUT2D eigenvalue weighted by Crippen LogP contribution is 2.07. The Kier molecular flexibility index (Phi) is 8.56. The number of benzene rings is 1. The third-order valence-corrected chi connectivity index (χ3v) is 2.80. The summed E-state index contributed by atoms with van der Waals surface area (Å²) in [4.78, 5) is 0. The van der Waals surface area contributed by atoms with Crippen LogP contribution in [-0.2, 0) is 4.74 Å². The Balaban J connectivity index is 2.14. The van der Waals surface area contributed by atoms with Gasteiger partial charge in [0.15, 0.2) is 10.2 Å². The standard InChI is InChI=1S/C13H19FN4OS2/c1-2-19-9-3-8-15-12(20)17-18-13(21)16-11-6-4-10(14)5-7-11/h4-7H,2-3,8-9H2,1H3,(H2,15,17,20)(H2,16,18,21). The molecule has 21 heavy (non-hydrogen) atoms. The van der Waals surface area contributed by atoms with Gasteiger partial charge in [-0.15, -0.1) is 0 Å². The summed E-state index contributed by atoms with van der Waals surface area (Å²) in [5.74, 6) is -0.296. The highest BCUT2D eigenvalue weighted by Gasteiger charge is 1.99. The van der Waals surface area contributed by atoms with Crippen LogP contribution in [0.4, 0.5) is 10.1 Å². The van der Waals surface area contributed by atoms with E-state index in [9.17, 15) is 4.39 Å². The van der Waals surface area contributed by atoms with Crippen molar-refractivity contribution in [2.45, 2.75) is 13.3 Å². The lowest BCUT2D eigenvalue weighted by Gasteiger charge is -2.14. The van der Waals surface area contributed by atoms with E-state index in [-0.39, 0.29) is 5.82 Å². The third-order valence-electron chi connectivity index (χ3n) is 2.35. The van der Waals surface area contributed by atoms with Crippen LogP contribution in [0.2, 0.25) is 0 Å². The van der Waals surface area contributed by atoms with Crippen LogP contribution in [0.15, 0.2) is 24.3 Å². The van der Waals surface area contributed by atoms with Crippen LogP contribution in [0.3, 0.4) is 0 Å². The van der Waals surface area contributed by atoms with Gasteiger partial charge in [0.2, 0.25) is 0 Å². The minimum absolute atomic E-state index is 0.296. The molecule has 0 unspecified atom stereocenters. The van der Waals surface area contributed by atoms with Gasteiger partial charge in [-0.25, -0.2) is 4.39 Å². The Bertz CT molecular complexity index is 456. The summed E-state index contributed by atoms with van der Waals surface area (Å²) in [6.07, 6.45) is 0.869. The molecular weight excluding hydrogens is 311 g/mol. The fraction of sp³-hybridized carbons (Fsp3) is 0.385. The molecule has 0 aromatic heterocycles. The van der Waals surface area contributed by atoms with Gasteiger partial charge in [0.05, 0.1) is 0 Å². The van der Waals surface area contributed by atoms with E-state index in [2.05, 4.69) is 21.5 Å². The molecule has 0 aliphatic heterocycles. The van der Waals surface area contributed by atoms with Crippen molar-refractivity contribution in [1.29, 1.82) is 0 Å². The Morgan fingerprint density at radius 1 is 1.14 bits per heavy atom. The Morgan fingerprint density at radius 2 is 1.81 bits per heavy atom. The van der Waals surface area contributed by atoms with Gasteiger partial charge in [0.25, 0.3) is 0 Å². The molecule has 0 radical (unpaired) electrons. The van der Waals surface area contributed by atoms with Gasteiger partial charge in [-0.3, -0.25) is 10.9 Å². The van der Waals surface area contributed by atoms with E-state index in [0.717, 1.165) is 6.42 Å². The fourth-order valence-corrected chi connectivity index (χ4v) is 1.70. The zero-order valence-corrected chi connectivity index (χ0v) is 13.4. The van der Waals surface area contributed by atoms with E-state index in [1.54, 1.807) is 12.1 Å². The second-order valence-corrected chi connectivity index (χ2v) is 4.83. The first kappa shape index (κ1) is 17.5. The van der Waals surface area contributed by atoms with Gasteiger partial charge >= 0.3 is 0 Å². The van der Waals surface area contributed by atoms with Crippen molar-refractivity contribution in [2.24, 2.45) is 0 Å². The molecule has 0 saturated carbocycles. The molecule has 0 fully saturated rings. The first-order valence-electron chi connectivity index (χ1n) is 6.56. The molecule has 5 nitrogen and oxygen atoms in total. The summed E-state index contributed by atoms with van der Waals surface area (Å²) >= 11 is 10.1. The van der Waals surface area contributed by atoms with Crippen LogP contribution in [0.25, 0.3) is 0 Å². The maximum Gasteiger partial charge on any atom is 0.189 e. The number of thiocarbonyl (C=S) groups is 2. The maximum absolute atomic E-state index is 12.8. The van der Waals surface area contributed by atoms with E-state index >= 15 is 0 Å². The molecular formula is C13H19FN4OS2. The molecule has 0 heterocycles. The maximum atomic E-state index is 12.8. The minimum atomic E-state index is -0.296. The lowest BCUT2D eigenvalue weighted by molar-refractivity contribution is 0.145. The molecule has 0 atom stereocenters. The van der Waals surface area contributed by atoms with Gasteiger partial charge in [-0.2, -0.15) is 0 Å². The van der Waals surface area contributed by atoms with Gasteiger partial charge in [-0.1, -0.05) is 0 Å². The third kappa shape index (κ3) is 8.38. The average molecular weight is 330 g/mol. The number of ether oxygens (including phenoxy) is 1. The van der Waals surface area contributed by atoms with Crippen molar-refractivity contribution in [2.75, 3.05) is 25.1 Å². The van der Waals surface area contributed by atoms with Crippen LogP contribution >= 0.6 is 24.4 Å². The molecule has 0 spiro atoms. The Labute approximate surface area is 134 Å². The van der Waals surface area contributed by atoms with Crippen LogP contribution in [0.1, 0.15) is 13.3 Å². The number of nitrogens with one attached hydrogen (secondary N) is 4. The van der Waals surface area contributed by atoms with E-state index in [1.165, 1.54) is 12.1 Å². The minimum Gasteiger partial charge on any atom is -0.382 e. The van der Waals surface area contributed by atoms with Gasteiger partial charge in [0.1, 0.15) is 5.82 Å². The quantitative estimate of drug-likeness (QED) is 0.361. The molecule has 116 valence electrons. The second kappa shape index (κ2) is 10.3. The number of hydrazine groups is 1. The molecule has 0 saturated heterocycles. The molecule has 0 aliphatic carbocycles. The van der Waals surface area contributed by atoms with Gasteiger partial charge in [-0.05, 0) is 62.0 Å². The van der Waals surface area contributed by atoms with Crippen LogP contribution in [-0.4, -0.2) is 30.0 Å². The smallest absolute Gasteiger partial charge is 0.189 e. The zero-order chi connectivity index (χ0) is 15.5. The fourth-order valence-electron chi connectivity index (χ4n) is 1.37. The average Bonchev–Trinajstić information content (AvgIpc) is 2.47. The summed E-state index contributed by atoms with van der Waals surface area (Å²) < 4.78 is 18.0. The lowest BCUT2D eigenvalue weighted by Crippen LogP contribution is -2.48. The predicted octanol–water partition coefficient (Wildman–Crippen LogP) is 1.92. The highest BCUT2D eigenvalue weighted by molar-refractivity contribution is 7.80. The molecule has 1 rings (SSSR count). The lowest BCUT2D eigenvalue weighted by atomic mass is 10.3. The van der Waals surface area contributed by atoms with Crippen molar-refractivity contribution in [1.82, 2.24) is 16.2 Å². The number of hydrogen-bond acceptors (Lipinski definition) is 3. The monoisotopic (exact) mass is 330 g/mol. The Morgan fingerprint density at radius 3 is 2.48 bits per heavy atom. The van der Waals surface area contributed by atoms with Crippen molar-refractivity contribution in [3.63, 3.8) is 0 Å². The van der Waals surface area contributed by atoms with Crippen LogP contribution in [0.5, 0.6) is 0 Å². The van der Waals surface area contributed by atoms with Crippen LogP contribution < -0.4 is 21.5 Å². The van der Waals surface area contributed by atoms with Gasteiger partial charge in [0, 0.05) is 25.4 Å². The first-order chi connectivity index (χ1) is 10.1. The predicted molar refractivity (Wildman–Crippen MR) is 90.6 cm³/mol. The van der Waals surface area contributed by atoms with E-state index in [0.29, 0.717) is 35.7 Å². The number of hydrogen-bond donors (Lipinski definition) is 4. The van der Waals surface area contributed by atoms with Crippen molar-refractivity contribution in [3.05, 3.63) is 30.1 Å². The van der Waals surface area contributed by atoms with E-state index < -0.39 is 0 Å². The van der Waals surface area contributed by atoms with Crippen LogP contribution in [0, 0.1) is 5.82 Å². The SMILES string of the molecule is CCOCCCNC(=S)NNC(=S)Nc1ccc(F)cc1. The summed E-state index contributed by atoms with van der Waals surface area (Å²) in [7, 11) is 0. The summed E-state index contributed by atoms with van der Waals surface area (Å²) in [5, 5.41) is 6.67. The first-order valence-corrected chi connectivity index (χ1v) is 7.37. The van der Waals surface area contributed by atoms with Crippen molar-refractivity contribution < 1.29 is 9.13 Å². The molecule has 0 bridgehead atoms. The molecule has 0 aliphatic rings. The normalized spacial score (nSPS) is 9.81. The molecule has 1 aromatic rings. The van der Waals surface area contributed by atoms with E-state index in [4.69, 9.17) is 29.2 Å². The summed E-state index contributed by atoms with van der Waals surface area (Å²) in [5.41, 5.74) is 6.18. The van der Waals surface area contributed by atoms with Crippen molar-refractivity contribution >= 4 is 40.3 Å². The molecule has 4 N–H and O–H groups in total. The molecule has 0 amide bonds. The number of rotatable bonds is 6. The molecule has 8 heteroatoms. The van der Waals surface area contributed by atoms with Crippen molar-refractivity contribution in [3.8, 4) is 0 Å². The number of halogens is 1. The van der Waals surface area contributed by atoms with E-state index in [1.807, 2.05) is 6.92 Å². The van der Waals surface area contributed by atoms with Gasteiger partial charge < -0.3 is 15.4 Å². The second-order valence-electron chi connectivity index (χ2n) is 4.02. The summed E-state index contributed by atoms with van der Waals surface area (Å²) in [6.45, 7) is 4.09. The zero-order valence-electron chi connectivity index (χ0n) is 11.7. The highest BCUT2D eigenvalue weighted by atomic mass is 32.1. The Hall–Kier alpha value is -1.51. The number of anilines is 1.